The van der Waals surface area contributed by atoms with Gasteiger partial charge in [-0.15, -0.1) is 10.2 Å². The van der Waals surface area contributed by atoms with E-state index in [2.05, 4.69) is 39.7 Å². The van der Waals surface area contributed by atoms with Crippen LogP contribution in [0.3, 0.4) is 0 Å². The summed E-state index contributed by atoms with van der Waals surface area (Å²) in [5.41, 5.74) is 5.44. The molecule has 0 spiro atoms. The van der Waals surface area contributed by atoms with Crippen molar-refractivity contribution >= 4 is 11.6 Å². The van der Waals surface area contributed by atoms with Gasteiger partial charge in [0, 0.05) is 5.56 Å². The predicted molar refractivity (Wildman–Crippen MR) is 133 cm³/mol. The molecular formula is C26H23ClN6O. The Morgan fingerprint density at radius 3 is 2.29 bits per heavy atom. The number of aromatic nitrogens is 6. The Morgan fingerprint density at radius 1 is 0.912 bits per heavy atom. The van der Waals surface area contributed by atoms with Crippen LogP contribution in [0.1, 0.15) is 24.6 Å². The lowest BCUT2D eigenvalue weighted by molar-refractivity contribution is 0.691. The van der Waals surface area contributed by atoms with Gasteiger partial charge in [-0.25, -0.2) is 4.79 Å². The SMILES string of the molecule is CCCc1c(Cl)n(-c2ccccc2)c(=O)n1Cc1ccc(-c2ccccc2-c2nn[nH]n2)cc1. The Hall–Kier alpha value is -3.97. The molecule has 2 heterocycles. The third-order valence-corrected chi connectivity index (χ3v) is 6.19. The molecule has 0 bridgehead atoms. The van der Waals surface area contributed by atoms with E-state index in [1.165, 1.54) is 0 Å². The Kier molecular flexibility index (Phi) is 6.10. The van der Waals surface area contributed by atoms with Crippen molar-refractivity contribution in [2.24, 2.45) is 0 Å². The van der Waals surface area contributed by atoms with Crippen molar-refractivity contribution in [3.63, 3.8) is 0 Å². The number of halogens is 1. The number of para-hydroxylation sites is 1. The quantitative estimate of drug-likeness (QED) is 0.357. The number of hydrogen-bond acceptors (Lipinski definition) is 4. The fraction of sp³-hybridized carbons (Fsp3) is 0.154. The molecule has 0 aliphatic rings. The number of benzene rings is 3. The number of tetrazole rings is 1. The van der Waals surface area contributed by atoms with E-state index in [-0.39, 0.29) is 5.69 Å². The second-order valence-corrected chi connectivity index (χ2v) is 8.36. The Bertz CT molecular complexity index is 1450. The zero-order chi connectivity index (χ0) is 23.5. The topological polar surface area (TPSA) is 81.4 Å². The van der Waals surface area contributed by atoms with Crippen molar-refractivity contribution < 1.29 is 0 Å². The maximum absolute atomic E-state index is 13.4. The van der Waals surface area contributed by atoms with Crippen molar-refractivity contribution in [1.82, 2.24) is 29.8 Å². The highest BCUT2D eigenvalue weighted by atomic mass is 35.5. The van der Waals surface area contributed by atoms with Crippen LogP contribution in [-0.2, 0) is 13.0 Å². The summed E-state index contributed by atoms with van der Waals surface area (Å²) in [6.45, 7) is 2.53. The summed E-state index contributed by atoms with van der Waals surface area (Å²) in [5.74, 6) is 0.548. The summed E-state index contributed by atoms with van der Waals surface area (Å²) in [4.78, 5) is 13.4. The summed E-state index contributed by atoms with van der Waals surface area (Å²) >= 11 is 6.71. The Balaban J connectivity index is 1.50. The normalized spacial score (nSPS) is 11.1. The van der Waals surface area contributed by atoms with Crippen LogP contribution in [0.25, 0.3) is 28.2 Å². The van der Waals surface area contributed by atoms with Crippen molar-refractivity contribution in [3.8, 4) is 28.2 Å². The van der Waals surface area contributed by atoms with Crippen molar-refractivity contribution in [2.75, 3.05) is 0 Å². The lowest BCUT2D eigenvalue weighted by atomic mass is 9.98. The van der Waals surface area contributed by atoms with Gasteiger partial charge in [-0.05, 0) is 40.5 Å². The average molecular weight is 471 g/mol. The van der Waals surface area contributed by atoms with E-state index in [0.29, 0.717) is 17.5 Å². The first-order chi connectivity index (χ1) is 16.7. The molecule has 0 amide bonds. The van der Waals surface area contributed by atoms with Crippen molar-refractivity contribution in [1.29, 1.82) is 0 Å². The first kappa shape index (κ1) is 21.9. The molecular weight excluding hydrogens is 448 g/mol. The number of H-pyrrole nitrogens is 1. The molecule has 5 aromatic rings. The molecule has 0 aliphatic heterocycles. The van der Waals surface area contributed by atoms with Crippen LogP contribution in [0.2, 0.25) is 5.15 Å². The van der Waals surface area contributed by atoms with Crippen LogP contribution >= 0.6 is 11.6 Å². The minimum atomic E-state index is -0.133. The fourth-order valence-electron chi connectivity index (χ4n) is 4.18. The van der Waals surface area contributed by atoms with Crippen molar-refractivity contribution in [2.45, 2.75) is 26.3 Å². The Morgan fingerprint density at radius 2 is 1.62 bits per heavy atom. The van der Waals surface area contributed by atoms with E-state index in [9.17, 15) is 4.79 Å². The van der Waals surface area contributed by atoms with Crippen LogP contribution in [-0.4, -0.2) is 29.8 Å². The Labute approximate surface area is 201 Å². The van der Waals surface area contributed by atoms with E-state index in [4.69, 9.17) is 11.6 Å². The predicted octanol–water partition coefficient (Wildman–Crippen LogP) is 5.14. The van der Waals surface area contributed by atoms with Gasteiger partial charge >= 0.3 is 5.69 Å². The molecule has 3 aromatic carbocycles. The number of hydrogen-bond donors (Lipinski definition) is 1. The minimum absolute atomic E-state index is 0.133. The first-order valence-electron chi connectivity index (χ1n) is 11.1. The number of aromatic amines is 1. The molecule has 0 aliphatic carbocycles. The summed E-state index contributed by atoms with van der Waals surface area (Å²) in [7, 11) is 0. The van der Waals surface area contributed by atoms with Gasteiger partial charge in [-0.3, -0.25) is 9.13 Å². The van der Waals surface area contributed by atoms with Crippen LogP contribution < -0.4 is 5.69 Å². The molecule has 5 rings (SSSR count). The van der Waals surface area contributed by atoms with Gasteiger partial charge in [0.2, 0.25) is 5.82 Å². The lowest BCUT2D eigenvalue weighted by Gasteiger charge is -2.10. The first-order valence-corrected chi connectivity index (χ1v) is 11.5. The molecule has 0 saturated carbocycles. The van der Waals surface area contributed by atoms with Crippen LogP contribution in [0.5, 0.6) is 0 Å². The maximum Gasteiger partial charge on any atom is 0.334 e. The molecule has 8 heteroatoms. The molecule has 0 saturated heterocycles. The average Bonchev–Trinajstić information content (AvgIpc) is 3.49. The minimum Gasteiger partial charge on any atom is -0.290 e. The zero-order valence-corrected chi connectivity index (χ0v) is 19.4. The third kappa shape index (κ3) is 4.06. The molecule has 7 nitrogen and oxygen atoms in total. The zero-order valence-electron chi connectivity index (χ0n) is 18.6. The monoisotopic (exact) mass is 470 g/mol. The molecule has 34 heavy (non-hydrogen) atoms. The summed E-state index contributed by atoms with van der Waals surface area (Å²) in [6, 6.07) is 25.6. The van der Waals surface area contributed by atoms with Crippen molar-refractivity contribution in [3.05, 3.63) is 106 Å². The molecule has 0 atom stereocenters. The van der Waals surface area contributed by atoms with Gasteiger partial charge in [0.25, 0.3) is 0 Å². The van der Waals surface area contributed by atoms with E-state index in [0.717, 1.165) is 46.5 Å². The maximum atomic E-state index is 13.4. The van der Waals surface area contributed by atoms with Crippen LogP contribution in [0.15, 0.2) is 83.7 Å². The standard InChI is InChI=1S/C26H23ClN6O/c1-2-8-23-24(27)33(20-9-4-3-5-10-20)26(34)32(23)17-18-13-15-19(16-14-18)21-11-6-7-12-22(21)25-28-30-31-29-25/h3-7,9-16H,2,8,17H2,1H3,(H,28,29,30,31). The number of imidazole rings is 1. The number of rotatable bonds is 7. The highest BCUT2D eigenvalue weighted by Crippen LogP contribution is 2.30. The number of nitrogens with zero attached hydrogens (tertiary/aromatic N) is 5. The van der Waals surface area contributed by atoms with Crippen LogP contribution in [0.4, 0.5) is 0 Å². The van der Waals surface area contributed by atoms with Gasteiger partial charge in [0.1, 0.15) is 5.15 Å². The molecule has 0 unspecified atom stereocenters. The van der Waals surface area contributed by atoms with E-state index < -0.39 is 0 Å². The second-order valence-electron chi connectivity index (χ2n) is 8.01. The van der Waals surface area contributed by atoms with Gasteiger partial charge in [0.05, 0.1) is 17.9 Å². The highest BCUT2D eigenvalue weighted by molar-refractivity contribution is 6.30. The smallest absolute Gasteiger partial charge is 0.290 e. The largest absolute Gasteiger partial charge is 0.334 e. The fourth-order valence-corrected chi connectivity index (χ4v) is 4.54. The lowest BCUT2D eigenvalue weighted by Crippen LogP contribution is -2.24. The van der Waals surface area contributed by atoms with E-state index >= 15 is 0 Å². The molecule has 170 valence electrons. The summed E-state index contributed by atoms with van der Waals surface area (Å²) < 4.78 is 3.36. The van der Waals surface area contributed by atoms with Gasteiger partial charge in [-0.2, -0.15) is 5.21 Å². The van der Waals surface area contributed by atoms with E-state index in [1.807, 2.05) is 66.7 Å². The highest BCUT2D eigenvalue weighted by Gasteiger charge is 2.19. The van der Waals surface area contributed by atoms with E-state index in [1.54, 1.807) is 9.13 Å². The van der Waals surface area contributed by atoms with Gasteiger partial charge < -0.3 is 0 Å². The molecule has 2 aromatic heterocycles. The molecule has 0 fully saturated rings. The number of nitrogens with one attached hydrogen (secondary N) is 1. The van der Waals surface area contributed by atoms with Gasteiger partial charge in [0.15, 0.2) is 0 Å². The molecule has 0 radical (unpaired) electrons. The third-order valence-electron chi connectivity index (χ3n) is 5.80. The van der Waals surface area contributed by atoms with Crippen LogP contribution in [0, 0.1) is 0 Å². The van der Waals surface area contributed by atoms with Gasteiger partial charge in [-0.1, -0.05) is 91.7 Å². The summed E-state index contributed by atoms with van der Waals surface area (Å²) in [5, 5.41) is 14.9. The summed E-state index contributed by atoms with van der Waals surface area (Å²) in [6.07, 6.45) is 1.62. The second kappa shape index (κ2) is 9.49. The molecule has 1 N–H and O–H groups in total.